The van der Waals surface area contributed by atoms with Crippen molar-refractivity contribution in [2.24, 2.45) is 11.7 Å². The van der Waals surface area contributed by atoms with Crippen molar-refractivity contribution in [3.8, 4) is 0 Å². The third kappa shape index (κ3) is 8.11. The molecule has 0 aromatic carbocycles. The lowest BCUT2D eigenvalue weighted by Crippen LogP contribution is -2.57. The highest BCUT2D eigenvalue weighted by molar-refractivity contribution is 5.94. The number of rotatable bonds is 10. The zero-order chi connectivity index (χ0) is 19.7. The lowest BCUT2D eigenvalue weighted by atomic mass is 10.0. The molecule has 0 rings (SSSR count). The van der Waals surface area contributed by atoms with E-state index in [0.29, 0.717) is 0 Å². The van der Waals surface area contributed by atoms with Crippen molar-refractivity contribution in [3.05, 3.63) is 0 Å². The van der Waals surface area contributed by atoms with E-state index in [1.165, 1.54) is 6.92 Å². The van der Waals surface area contributed by atoms with Gasteiger partial charge in [-0.2, -0.15) is 0 Å². The highest BCUT2D eigenvalue weighted by Gasteiger charge is 2.30. The Morgan fingerprint density at radius 1 is 0.920 bits per heavy atom. The number of aliphatic carboxylic acids is 2. The minimum atomic E-state index is -1.63. The first kappa shape index (κ1) is 22.3. The molecule has 0 aromatic heterocycles. The van der Waals surface area contributed by atoms with Gasteiger partial charge in [-0.25, -0.2) is 4.79 Å². The maximum atomic E-state index is 12.2. The number of amides is 3. The molecule has 0 aliphatic rings. The van der Waals surface area contributed by atoms with Crippen molar-refractivity contribution in [3.63, 3.8) is 0 Å². The fourth-order valence-electron chi connectivity index (χ4n) is 1.82. The fraction of sp³-hybridized carbons (Fsp3) is 0.643. The lowest BCUT2D eigenvalue weighted by molar-refractivity contribution is -0.147. The smallest absolute Gasteiger partial charge is 0.326 e. The van der Waals surface area contributed by atoms with Gasteiger partial charge in [0, 0.05) is 0 Å². The molecule has 142 valence electrons. The van der Waals surface area contributed by atoms with E-state index in [2.05, 4.69) is 16.0 Å². The van der Waals surface area contributed by atoms with Gasteiger partial charge in [-0.15, -0.1) is 0 Å². The summed E-state index contributed by atoms with van der Waals surface area (Å²) in [6.45, 7) is 4.31. The third-order valence-electron chi connectivity index (χ3n) is 3.20. The van der Waals surface area contributed by atoms with Gasteiger partial charge in [0.05, 0.1) is 13.0 Å². The second-order valence-corrected chi connectivity index (χ2v) is 5.72. The molecule has 0 radical (unpaired) electrons. The van der Waals surface area contributed by atoms with Gasteiger partial charge in [0.25, 0.3) is 0 Å². The first-order chi connectivity index (χ1) is 11.5. The van der Waals surface area contributed by atoms with Crippen LogP contribution < -0.4 is 21.7 Å². The van der Waals surface area contributed by atoms with Crippen LogP contribution in [0.15, 0.2) is 0 Å². The molecule has 0 heterocycles. The summed E-state index contributed by atoms with van der Waals surface area (Å²) < 4.78 is 0. The summed E-state index contributed by atoms with van der Waals surface area (Å²) in [5.74, 6) is -5.37. The predicted octanol–water partition coefficient (Wildman–Crippen LogP) is -2.37. The van der Waals surface area contributed by atoms with Gasteiger partial charge >= 0.3 is 11.9 Å². The minimum absolute atomic E-state index is 0.304. The molecule has 0 fully saturated rings. The highest BCUT2D eigenvalue weighted by Crippen LogP contribution is 2.04. The van der Waals surface area contributed by atoms with E-state index in [1.807, 2.05) is 0 Å². The van der Waals surface area contributed by atoms with E-state index in [4.69, 9.17) is 15.9 Å². The van der Waals surface area contributed by atoms with Gasteiger partial charge in [-0.1, -0.05) is 13.8 Å². The highest BCUT2D eigenvalue weighted by atomic mass is 16.4. The van der Waals surface area contributed by atoms with Crippen molar-refractivity contribution >= 4 is 29.7 Å². The average molecular weight is 360 g/mol. The van der Waals surface area contributed by atoms with Gasteiger partial charge in [-0.05, 0) is 12.8 Å². The maximum absolute atomic E-state index is 12.2. The monoisotopic (exact) mass is 360 g/mol. The molecule has 11 nitrogen and oxygen atoms in total. The Morgan fingerprint density at radius 3 is 1.88 bits per heavy atom. The number of nitrogens with one attached hydrogen (secondary N) is 3. The Balaban J connectivity index is 5.00. The summed E-state index contributed by atoms with van der Waals surface area (Å²) in [6, 6.07) is -3.70. The zero-order valence-corrected chi connectivity index (χ0v) is 14.2. The van der Waals surface area contributed by atoms with Crippen molar-refractivity contribution in [1.29, 1.82) is 0 Å². The zero-order valence-electron chi connectivity index (χ0n) is 14.2. The van der Waals surface area contributed by atoms with Crippen LogP contribution in [-0.2, 0) is 24.0 Å². The molecule has 0 aliphatic carbocycles. The molecular formula is C14H24N4O7. The molecule has 0 bridgehead atoms. The molecule has 0 aromatic rings. The Bertz CT molecular complexity index is 535. The van der Waals surface area contributed by atoms with E-state index >= 15 is 0 Å². The SMILES string of the molecule is CC(NC(=O)CN)C(=O)NC(C(=O)NC(CC(=O)O)C(=O)O)C(C)C. The Morgan fingerprint density at radius 2 is 1.48 bits per heavy atom. The quantitative estimate of drug-likeness (QED) is 0.249. The van der Waals surface area contributed by atoms with Crippen LogP contribution in [0.3, 0.4) is 0 Å². The van der Waals surface area contributed by atoms with Crippen LogP contribution in [0.2, 0.25) is 0 Å². The lowest BCUT2D eigenvalue weighted by Gasteiger charge is -2.25. The summed E-state index contributed by atoms with van der Waals surface area (Å²) in [5.41, 5.74) is 5.13. The van der Waals surface area contributed by atoms with Crippen molar-refractivity contribution in [2.75, 3.05) is 6.54 Å². The Kier molecular flexibility index (Phi) is 9.13. The maximum Gasteiger partial charge on any atom is 0.326 e. The van der Waals surface area contributed by atoms with Crippen LogP contribution >= 0.6 is 0 Å². The number of hydrogen-bond acceptors (Lipinski definition) is 6. The summed E-state index contributed by atoms with van der Waals surface area (Å²) in [5, 5.41) is 24.4. The summed E-state index contributed by atoms with van der Waals surface area (Å²) >= 11 is 0. The third-order valence-corrected chi connectivity index (χ3v) is 3.20. The normalized spacial score (nSPS) is 14.1. The van der Waals surface area contributed by atoms with Crippen LogP contribution in [0.25, 0.3) is 0 Å². The largest absolute Gasteiger partial charge is 0.481 e. The van der Waals surface area contributed by atoms with Crippen LogP contribution in [-0.4, -0.2) is 64.5 Å². The van der Waals surface area contributed by atoms with Crippen molar-refractivity contribution in [2.45, 2.75) is 45.3 Å². The summed E-state index contributed by atoms with van der Waals surface area (Å²) in [4.78, 5) is 57.2. The van der Waals surface area contributed by atoms with Crippen LogP contribution in [0.4, 0.5) is 0 Å². The van der Waals surface area contributed by atoms with Gasteiger partial charge in [0.15, 0.2) is 0 Å². The number of carbonyl (C=O) groups is 5. The number of hydrogen-bond donors (Lipinski definition) is 6. The van der Waals surface area contributed by atoms with E-state index in [-0.39, 0.29) is 6.54 Å². The van der Waals surface area contributed by atoms with Crippen LogP contribution in [0.5, 0.6) is 0 Å². The molecule has 0 spiro atoms. The fourth-order valence-corrected chi connectivity index (χ4v) is 1.82. The molecule has 3 unspecified atom stereocenters. The molecule has 0 saturated carbocycles. The number of nitrogens with two attached hydrogens (primary N) is 1. The Labute approximate surface area is 144 Å². The minimum Gasteiger partial charge on any atom is -0.481 e. The molecule has 11 heteroatoms. The summed E-state index contributed by atoms with van der Waals surface area (Å²) in [6.07, 6.45) is -0.803. The molecule has 7 N–H and O–H groups in total. The topological polar surface area (TPSA) is 188 Å². The number of carboxylic acid groups (broad SMARTS) is 2. The van der Waals surface area contributed by atoms with Gasteiger partial charge < -0.3 is 31.9 Å². The van der Waals surface area contributed by atoms with E-state index in [0.717, 1.165) is 0 Å². The molecule has 3 amide bonds. The van der Waals surface area contributed by atoms with E-state index in [9.17, 15) is 24.0 Å². The number of carbonyl (C=O) groups excluding carboxylic acids is 3. The first-order valence-corrected chi connectivity index (χ1v) is 7.54. The van der Waals surface area contributed by atoms with E-state index < -0.39 is 60.1 Å². The second-order valence-electron chi connectivity index (χ2n) is 5.72. The van der Waals surface area contributed by atoms with Crippen LogP contribution in [0.1, 0.15) is 27.2 Å². The van der Waals surface area contributed by atoms with Gasteiger partial charge in [-0.3, -0.25) is 19.2 Å². The Hall–Kier alpha value is -2.69. The van der Waals surface area contributed by atoms with Gasteiger partial charge in [0.2, 0.25) is 17.7 Å². The standard InChI is InChI=1S/C14H24N4O7/c1-6(2)11(18-12(22)7(3)16-9(19)5-15)13(23)17-8(14(24)25)4-10(20)21/h6-8,11H,4-5,15H2,1-3H3,(H,16,19)(H,17,23)(H,18,22)(H,20,21)(H,24,25). The van der Waals surface area contributed by atoms with Crippen LogP contribution in [0, 0.1) is 5.92 Å². The molecule has 3 atom stereocenters. The first-order valence-electron chi connectivity index (χ1n) is 7.54. The molecular weight excluding hydrogens is 336 g/mol. The predicted molar refractivity (Wildman–Crippen MR) is 85.2 cm³/mol. The van der Waals surface area contributed by atoms with E-state index in [1.54, 1.807) is 13.8 Å². The average Bonchev–Trinajstić information content (AvgIpc) is 2.50. The van der Waals surface area contributed by atoms with Crippen molar-refractivity contribution in [1.82, 2.24) is 16.0 Å². The van der Waals surface area contributed by atoms with Crippen molar-refractivity contribution < 1.29 is 34.2 Å². The second kappa shape index (κ2) is 10.2. The number of carboxylic acids is 2. The molecule has 0 aliphatic heterocycles. The summed E-state index contributed by atoms with van der Waals surface area (Å²) in [7, 11) is 0. The molecule has 25 heavy (non-hydrogen) atoms. The molecule has 0 saturated heterocycles. The van der Waals surface area contributed by atoms with Gasteiger partial charge in [0.1, 0.15) is 18.1 Å².